The molecule has 0 bridgehead atoms. The van der Waals surface area contributed by atoms with Crippen molar-refractivity contribution in [1.29, 1.82) is 0 Å². The molecule has 0 aliphatic carbocycles. The topological polar surface area (TPSA) is 46.9 Å². The highest BCUT2D eigenvalue weighted by Crippen LogP contribution is 2.32. The van der Waals surface area contributed by atoms with E-state index in [0.29, 0.717) is 12.7 Å². The fraction of sp³-hybridized carbons (Fsp3) is 0.393. The molecule has 7 heteroatoms. The van der Waals surface area contributed by atoms with Crippen molar-refractivity contribution >= 4 is 34.5 Å². The molecular weight excluding hydrogens is 462 g/mol. The maximum absolute atomic E-state index is 13.0. The first kappa shape index (κ1) is 23.8. The number of nitrogens with zero attached hydrogens (tertiary/aromatic N) is 3. The lowest BCUT2D eigenvalue weighted by Gasteiger charge is -2.34. The zero-order chi connectivity index (χ0) is 24.2. The van der Waals surface area contributed by atoms with Crippen molar-refractivity contribution in [2.75, 3.05) is 45.4 Å². The van der Waals surface area contributed by atoms with Crippen LogP contribution in [0.3, 0.4) is 0 Å². The Morgan fingerprint density at radius 2 is 1.83 bits per heavy atom. The summed E-state index contributed by atoms with van der Waals surface area (Å²) < 4.78 is 13.2. The first-order valence-corrected chi connectivity index (χ1v) is 12.9. The summed E-state index contributed by atoms with van der Waals surface area (Å²) in [4.78, 5) is 17.3. The molecule has 0 N–H and O–H groups in total. The number of halogens is 1. The zero-order valence-electron chi connectivity index (χ0n) is 20.2. The van der Waals surface area contributed by atoms with E-state index in [0.717, 1.165) is 69.2 Å². The maximum atomic E-state index is 13.0. The number of alkyl halides is 1. The largest absolute Gasteiger partial charge is 0.454 e. The van der Waals surface area contributed by atoms with E-state index < -0.39 is 0 Å². The number of piperazine rings is 1. The molecule has 184 valence electrons. The lowest BCUT2D eigenvalue weighted by Crippen LogP contribution is -2.48. The summed E-state index contributed by atoms with van der Waals surface area (Å²) in [6, 6.07) is 14.5. The summed E-state index contributed by atoms with van der Waals surface area (Å²) in [6.07, 6.45) is 5.60. The van der Waals surface area contributed by atoms with Crippen LogP contribution >= 0.6 is 11.6 Å². The number of hydrogen-bond acceptors (Lipinski definition) is 4. The van der Waals surface area contributed by atoms with E-state index in [1.807, 2.05) is 17.0 Å². The maximum Gasteiger partial charge on any atom is 0.246 e. The van der Waals surface area contributed by atoms with Crippen LogP contribution in [0.15, 0.2) is 48.5 Å². The lowest BCUT2D eigenvalue weighted by molar-refractivity contribution is -0.127. The number of benzene rings is 2. The van der Waals surface area contributed by atoms with Crippen molar-refractivity contribution in [3.63, 3.8) is 0 Å². The summed E-state index contributed by atoms with van der Waals surface area (Å²) in [7, 11) is 0. The Hall–Kier alpha value is -2.96. The molecule has 3 aromatic rings. The predicted octanol–water partition coefficient (Wildman–Crippen LogP) is 4.71. The summed E-state index contributed by atoms with van der Waals surface area (Å²) in [5.41, 5.74) is 4.73. The minimum absolute atomic E-state index is 0.0809. The molecule has 3 heterocycles. The number of ether oxygens (including phenoxy) is 2. The molecule has 2 aromatic carbocycles. The van der Waals surface area contributed by atoms with Gasteiger partial charge in [0.1, 0.15) is 0 Å². The van der Waals surface area contributed by atoms with E-state index >= 15 is 0 Å². The van der Waals surface area contributed by atoms with Crippen LogP contribution in [0.5, 0.6) is 11.5 Å². The number of carbonyl (C=O) groups is 1. The normalized spacial score (nSPS) is 16.0. The van der Waals surface area contributed by atoms with Gasteiger partial charge in [0.2, 0.25) is 12.7 Å². The van der Waals surface area contributed by atoms with Gasteiger partial charge >= 0.3 is 0 Å². The van der Waals surface area contributed by atoms with Gasteiger partial charge < -0.3 is 18.9 Å². The summed E-state index contributed by atoms with van der Waals surface area (Å²) in [5, 5.41) is 1.18. The SMILES string of the molecule is Cc1c(C=CC(=O)N2CCN(CCc3ccc4c(c3)OCO4)CC2)c2ccccc2n1CCCCl. The highest BCUT2D eigenvalue weighted by molar-refractivity contribution is 6.17. The summed E-state index contributed by atoms with van der Waals surface area (Å²) >= 11 is 5.94. The fourth-order valence-corrected chi connectivity index (χ4v) is 5.13. The van der Waals surface area contributed by atoms with Crippen LogP contribution in [0.25, 0.3) is 17.0 Å². The van der Waals surface area contributed by atoms with Gasteiger partial charge in [0, 0.05) is 73.4 Å². The summed E-state index contributed by atoms with van der Waals surface area (Å²) in [6.45, 7) is 7.56. The third-order valence-corrected chi connectivity index (χ3v) is 7.29. The van der Waals surface area contributed by atoms with Crippen LogP contribution in [-0.4, -0.2) is 65.7 Å². The highest BCUT2D eigenvalue weighted by Gasteiger charge is 2.20. The molecule has 1 aromatic heterocycles. The van der Waals surface area contributed by atoms with Crippen molar-refractivity contribution in [2.24, 2.45) is 0 Å². The molecule has 1 fully saturated rings. The summed E-state index contributed by atoms with van der Waals surface area (Å²) in [5.74, 6) is 2.38. The van der Waals surface area contributed by atoms with Crippen LogP contribution in [0.1, 0.15) is 23.2 Å². The average molecular weight is 494 g/mol. The molecule has 0 spiro atoms. The number of rotatable bonds is 8. The first-order chi connectivity index (χ1) is 17.1. The molecule has 0 unspecified atom stereocenters. The van der Waals surface area contributed by atoms with Crippen LogP contribution < -0.4 is 9.47 Å². The third-order valence-electron chi connectivity index (χ3n) is 7.03. The van der Waals surface area contributed by atoms with Crippen molar-refractivity contribution in [3.8, 4) is 11.5 Å². The average Bonchev–Trinajstić information content (AvgIpc) is 3.46. The zero-order valence-corrected chi connectivity index (χ0v) is 21.0. The second-order valence-electron chi connectivity index (χ2n) is 9.15. The predicted molar refractivity (Wildman–Crippen MR) is 140 cm³/mol. The number of hydrogen-bond donors (Lipinski definition) is 0. The van der Waals surface area contributed by atoms with Gasteiger partial charge in [-0.1, -0.05) is 24.3 Å². The molecule has 1 saturated heterocycles. The van der Waals surface area contributed by atoms with Gasteiger partial charge in [-0.25, -0.2) is 0 Å². The number of carbonyl (C=O) groups excluding carboxylic acids is 1. The second kappa shape index (κ2) is 10.8. The monoisotopic (exact) mass is 493 g/mol. The number of fused-ring (bicyclic) bond motifs is 2. The van der Waals surface area contributed by atoms with Crippen LogP contribution in [0, 0.1) is 6.92 Å². The Kier molecular flexibility index (Phi) is 7.30. The highest BCUT2D eigenvalue weighted by atomic mass is 35.5. The number of aryl methyl sites for hydroxylation is 1. The molecular formula is C28H32ClN3O3. The first-order valence-electron chi connectivity index (χ1n) is 12.4. The van der Waals surface area contributed by atoms with Crippen LogP contribution in [-0.2, 0) is 17.8 Å². The van der Waals surface area contributed by atoms with Gasteiger partial charge in [-0.3, -0.25) is 9.69 Å². The molecule has 0 radical (unpaired) electrons. The van der Waals surface area contributed by atoms with Gasteiger partial charge in [0.15, 0.2) is 11.5 Å². The van der Waals surface area contributed by atoms with Crippen molar-refractivity contribution in [1.82, 2.24) is 14.4 Å². The van der Waals surface area contributed by atoms with Gasteiger partial charge in [-0.2, -0.15) is 0 Å². The van der Waals surface area contributed by atoms with Gasteiger partial charge in [-0.05, 0) is 49.6 Å². The van der Waals surface area contributed by atoms with Crippen LogP contribution in [0.2, 0.25) is 0 Å². The Bertz CT molecular complexity index is 1230. The van der Waals surface area contributed by atoms with E-state index in [1.54, 1.807) is 6.08 Å². The molecule has 2 aliphatic heterocycles. The van der Waals surface area contributed by atoms with Crippen molar-refractivity contribution < 1.29 is 14.3 Å². The molecule has 6 nitrogen and oxygen atoms in total. The van der Waals surface area contributed by atoms with Gasteiger partial charge in [-0.15, -0.1) is 11.6 Å². The molecule has 0 atom stereocenters. The standard InChI is InChI=1S/C28H32ClN3O3/c1-21-23(24-5-2-3-6-25(24)32(21)13-4-12-29)8-10-28(33)31-17-15-30(16-18-31)14-11-22-7-9-26-27(19-22)35-20-34-26/h2-3,5-10,19H,4,11-18,20H2,1H3. The van der Waals surface area contributed by atoms with Gasteiger partial charge in [0.25, 0.3) is 0 Å². The molecule has 1 amide bonds. The number of para-hydroxylation sites is 1. The van der Waals surface area contributed by atoms with Crippen molar-refractivity contribution in [2.45, 2.75) is 26.3 Å². The minimum atomic E-state index is 0.0809. The molecule has 2 aliphatic rings. The number of amides is 1. The van der Waals surface area contributed by atoms with E-state index in [1.165, 1.54) is 22.2 Å². The Balaban J connectivity index is 1.17. The minimum Gasteiger partial charge on any atom is -0.454 e. The van der Waals surface area contributed by atoms with Gasteiger partial charge in [0.05, 0.1) is 0 Å². The Morgan fingerprint density at radius 1 is 1.03 bits per heavy atom. The Morgan fingerprint density at radius 3 is 2.66 bits per heavy atom. The Labute approximate surface area is 211 Å². The quantitative estimate of drug-likeness (QED) is 0.337. The molecule has 0 saturated carbocycles. The second-order valence-corrected chi connectivity index (χ2v) is 9.53. The third kappa shape index (κ3) is 5.19. The van der Waals surface area contributed by atoms with Crippen LogP contribution in [0.4, 0.5) is 0 Å². The molecule has 5 rings (SSSR count). The van der Waals surface area contributed by atoms with E-state index in [4.69, 9.17) is 21.1 Å². The van der Waals surface area contributed by atoms with Crippen molar-refractivity contribution in [3.05, 3.63) is 65.4 Å². The van der Waals surface area contributed by atoms with E-state index in [2.05, 4.69) is 52.8 Å². The fourth-order valence-electron chi connectivity index (χ4n) is 5.01. The smallest absolute Gasteiger partial charge is 0.246 e. The van der Waals surface area contributed by atoms with E-state index in [-0.39, 0.29) is 5.91 Å². The lowest BCUT2D eigenvalue weighted by atomic mass is 10.1. The molecule has 35 heavy (non-hydrogen) atoms. The van der Waals surface area contributed by atoms with E-state index in [9.17, 15) is 4.79 Å². The number of aromatic nitrogens is 1.